The number of para-hydroxylation sites is 1. The van der Waals surface area contributed by atoms with Crippen LogP contribution in [-0.2, 0) is 14.6 Å². The van der Waals surface area contributed by atoms with Gasteiger partial charge in [-0.05, 0) is 12.1 Å². The number of aromatic nitrogens is 1. The number of anilines is 1. The van der Waals surface area contributed by atoms with Crippen molar-refractivity contribution in [2.75, 3.05) is 17.3 Å². The minimum absolute atomic E-state index is 0.158. The summed E-state index contributed by atoms with van der Waals surface area (Å²) in [5.41, 5.74) is -1.28. The maximum absolute atomic E-state index is 12.4. The number of H-pyrrole nitrogens is 1. The van der Waals surface area contributed by atoms with Gasteiger partial charge in [-0.25, -0.2) is 8.42 Å². The summed E-state index contributed by atoms with van der Waals surface area (Å²) in [7, 11) is -3.60. The van der Waals surface area contributed by atoms with Gasteiger partial charge in [0.1, 0.15) is 11.4 Å². The number of aromatic amines is 1. The zero-order chi connectivity index (χ0) is 18.1. The summed E-state index contributed by atoms with van der Waals surface area (Å²) in [5, 5.41) is 1.94. The number of sulfone groups is 1. The summed E-state index contributed by atoms with van der Waals surface area (Å²) >= 11 is 0. The second-order valence-electron chi connectivity index (χ2n) is 4.88. The lowest BCUT2D eigenvalue weighted by Crippen LogP contribution is -2.25. The molecule has 24 heavy (non-hydrogen) atoms. The first-order chi connectivity index (χ1) is 11.0. The molecule has 2 N–H and O–H groups in total. The predicted octanol–water partition coefficient (Wildman–Crippen LogP) is 1.41. The number of amides is 1. The number of nitrogens with one attached hydrogen (secondary N) is 2. The summed E-state index contributed by atoms with van der Waals surface area (Å²) in [6, 6.07) is 3.44. The highest BCUT2D eigenvalue weighted by molar-refractivity contribution is 7.91. The van der Waals surface area contributed by atoms with E-state index in [4.69, 9.17) is 0 Å². The van der Waals surface area contributed by atoms with Crippen molar-refractivity contribution in [2.45, 2.75) is 6.36 Å². The van der Waals surface area contributed by atoms with E-state index in [1.807, 2.05) is 0 Å². The molecule has 0 unspecified atom stereocenters. The predicted molar refractivity (Wildman–Crippen MR) is 79.6 cm³/mol. The lowest BCUT2D eigenvalue weighted by atomic mass is 10.2. The summed E-state index contributed by atoms with van der Waals surface area (Å²) < 4.78 is 62.9. The Balaban J connectivity index is 2.42. The first kappa shape index (κ1) is 17.8. The molecule has 130 valence electrons. The number of pyridine rings is 1. The third-order valence-corrected chi connectivity index (χ3v) is 3.56. The number of carbonyl (C=O) groups excluding carboxylic acids is 1. The van der Waals surface area contributed by atoms with E-state index >= 15 is 0 Å². The van der Waals surface area contributed by atoms with Crippen LogP contribution < -0.4 is 15.5 Å². The van der Waals surface area contributed by atoms with Crippen LogP contribution in [0.3, 0.4) is 0 Å². The number of hydrogen-bond donors (Lipinski definition) is 2. The Bertz CT molecular complexity index is 950. The van der Waals surface area contributed by atoms with Crippen LogP contribution in [0.2, 0.25) is 0 Å². The molecule has 0 spiro atoms. The van der Waals surface area contributed by atoms with Crippen LogP contribution in [0.15, 0.2) is 29.2 Å². The second kappa shape index (κ2) is 6.15. The highest BCUT2D eigenvalue weighted by Gasteiger charge is 2.32. The molecule has 1 amide bonds. The Morgan fingerprint density at radius 1 is 1.33 bits per heavy atom. The topological polar surface area (TPSA) is 105 Å². The molecule has 7 nitrogen and oxygen atoms in total. The third kappa shape index (κ3) is 4.47. The van der Waals surface area contributed by atoms with Crippen molar-refractivity contribution in [3.05, 3.63) is 34.6 Å². The molecule has 0 atom stereocenters. The Labute approximate surface area is 133 Å². The van der Waals surface area contributed by atoms with Crippen molar-refractivity contribution < 1.29 is 31.1 Å². The molecule has 2 aromatic rings. The molecule has 0 aliphatic carbocycles. The Kier molecular flexibility index (Phi) is 4.56. The summed E-state index contributed by atoms with van der Waals surface area (Å²) in [6.45, 7) is 0. The molecule has 11 heteroatoms. The van der Waals surface area contributed by atoms with Crippen LogP contribution in [0.5, 0.6) is 5.75 Å². The van der Waals surface area contributed by atoms with E-state index in [9.17, 15) is 31.2 Å². The number of fused-ring (bicyclic) bond motifs is 1. The number of benzene rings is 1. The average Bonchev–Trinajstić information content (AvgIpc) is 2.39. The molecular weight excluding hydrogens is 353 g/mol. The summed E-state index contributed by atoms with van der Waals surface area (Å²) in [5.74, 6) is -2.38. The molecule has 0 aliphatic rings. The van der Waals surface area contributed by atoms with Crippen molar-refractivity contribution in [2.24, 2.45) is 0 Å². The van der Waals surface area contributed by atoms with Crippen molar-refractivity contribution in [3.8, 4) is 5.75 Å². The van der Waals surface area contributed by atoms with Gasteiger partial charge in [-0.15, -0.1) is 13.2 Å². The van der Waals surface area contributed by atoms with Crippen molar-refractivity contribution >= 4 is 32.3 Å². The maximum atomic E-state index is 12.4. The number of alkyl halides is 3. The van der Waals surface area contributed by atoms with Gasteiger partial charge >= 0.3 is 6.36 Å². The van der Waals surface area contributed by atoms with Crippen LogP contribution in [0.4, 0.5) is 18.9 Å². The zero-order valence-corrected chi connectivity index (χ0v) is 12.9. The third-order valence-electron chi connectivity index (χ3n) is 2.77. The molecule has 0 bridgehead atoms. The maximum Gasteiger partial charge on any atom is 0.573 e. The van der Waals surface area contributed by atoms with E-state index in [1.54, 1.807) is 0 Å². The van der Waals surface area contributed by atoms with Gasteiger partial charge in [0.2, 0.25) is 11.3 Å². The largest absolute Gasteiger partial charge is 0.573 e. The second-order valence-corrected chi connectivity index (χ2v) is 7.02. The van der Waals surface area contributed by atoms with Crippen LogP contribution >= 0.6 is 0 Å². The number of hydrogen-bond acceptors (Lipinski definition) is 5. The lowest BCUT2D eigenvalue weighted by Gasteiger charge is -2.12. The number of rotatable bonds is 4. The molecule has 2 rings (SSSR count). The number of carbonyl (C=O) groups is 1. The van der Waals surface area contributed by atoms with Crippen molar-refractivity contribution in [1.82, 2.24) is 4.98 Å². The van der Waals surface area contributed by atoms with E-state index in [2.05, 4.69) is 15.0 Å². The monoisotopic (exact) mass is 364 g/mol. The first-order valence-corrected chi connectivity index (χ1v) is 8.40. The molecular formula is C13H11F3N2O5S. The molecule has 1 aromatic carbocycles. The molecule has 0 radical (unpaired) electrons. The van der Waals surface area contributed by atoms with Crippen LogP contribution in [0, 0.1) is 0 Å². The average molecular weight is 364 g/mol. The van der Waals surface area contributed by atoms with E-state index in [0.29, 0.717) is 0 Å². The van der Waals surface area contributed by atoms with E-state index in [0.717, 1.165) is 18.5 Å². The molecule has 0 saturated carbocycles. The first-order valence-electron chi connectivity index (χ1n) is 6.34. The van der Waals surface area contributed by atoms with Crippen LogP contribution in [-0.4, -0.2) is 37.7 Å². The molecule has 0 fully saturated rings. The molecule has 0 aliphatic heterocycles. The van der Waals surface area contributed by atoms with Gasteiger partial charge in [-0.1, -0.05) is 6.07 Å². The van der Waals surface area contributed by atoms with Gasteiger partial charge in [0, 0.05) is 12.5 Å². The van der Waals surface area contributed by atoms with Crippen molar-refractivity contribution in [1.29, 1.82) is 0 Å². The van der Waals surface area contributed by atoms with Gasteiger partial charge < -0.3 is 15.0 Å². The highest BCUT2D eigenvalue weighted by Crippen LogP contribution is 2.28. The smallest absolute Gasteiger partial charge is 0.404 e. The fourth-order valence-electron chi connectivity index (χ4n) is 1.95. The minimum atomic E-state index is -4.94. The van der Waals surface area contributed by atoms with Gasteiger partial charge in [0.05, 0.1) is 10.9 Å². The fourth-order valence-corrected chi connectivity index (χ4v) is 2.50. The minimum Gasteiger partial charge on any atom is -0.404 e. The number of ether oxygens (including phenoxy) is 1. The Hall–Kier alpha value is -2.56. The Morgan fingerprint density at radius 2 is 2.00 bits per heavy atom. The van der Waals surface area contributed by atoms with E-state index < -0.39 is 39.0 Å². The fraction of sp³-hybridized carbons (Fsp3) is 0.231. The van der Waals surface area contributed by atoms with Gasteiger partial charge in [-0.2, -0.15) is 0 Å². The molecule has 0 saturated heterocycles. The van der Waals surface area contributed by atoms with E-state index in [1.165, 1.54) is 12.1 Å². The van der Waals surface area contributed by atoms with Crippen LogP contribution in [0.1, 0.15) is 0 Å². The van der Waals surface area contributed by atoms with Gasteiger partial charge in [0.25, 0.3) is 0 Å². The molecule has 1 aromatic heterocycles. The number of halogens is 3. The van der Waals surface area contributed by atoms with Crippen LogP contribution in [0.25, 0.3) is 10.9 Å². The zero-order valence-electron chi connectivity index (χ0n) is 12.1. The molecule has 1 heterocycles. The normalized spacial score (nSPS) is 12.2. The summed E-state index contributed by atoms with van der Waals surface area (Å²) in [6.07, 6.45) is -3.13. The standard InChI is InChI=1S/C13H11F3N2O5S/c1-24(21,22)6-10(19)18-8-5-17-11-7(12(8)20)3-2-4-9(11)23-13(14,15)16/h2-5H,6H2,1H3,(H,17,20)(H,18,19). The van der Waals surface area contributed by atoms with Crippen molar-refractivity contribution in [3.63, 3.8) is 0 Å². The quantitative estimate of drug-likeness (QED) is 0.853. The van der Waals surface area contributed by atoms with Gasteiger partial charge in [-0.3, -0.25) is 9.59 Å². The van der Waals surface area contributed by atoms with Gasteiger partial charge in [0.15, 0.2) is 15.6 Å². The highest BCUT2D eigenvalue weighted by atomic mass is 32.2. The lowest BCUT2D eigenvalue weighted by molar-refractivity contribution is -0.274. The Morgan fingerprint density at radius 3 is 2.58 bits per heavy atom. The summed E-state index contributed by atoms with van der Waals surface area (Å²) in [4.78, 5) is 26.2. The SMILES string of the molecule is CS(=O)(=O)CC(=O)Nc1c[nH]c2c(OC(F)(F)F)cccc2c1=O. The van der Waals surface area contributed by atoms with E-state index in [-0.39, 0.29) is 16.6 Å².